The smallest absolute Gasteiger partial charge is 0.263 e. The monoisotopic (exact) mass is 277 g/mol. The van der Waals surface area contributed by atoms with Crippen molar-refractivity contribution >= 4 is 0 Å². The third-order valence-electron chi connectivity index (χ3n) is 3.06. The van der Waals surface area contributed by atoms with Crippen molar-refractivity contribution in [3.05, 3.63) is 70.8 Å². The first kappa shape index (κ1) is 14.6. The first-order valence-electron chi connectivity index (χ1n) is 6.45. The SMILES string of the molecule is OCc1cccc(CNCc2ccc(C(F)F)cc2)c1. The fourth-order valence-electron chi connectivity index (χ4n) is 1.97. The molecule has 2 aromatic carbocycles. The van der Waals surface area contributed by atoms with Gasteiger partial charge in [-0.05, 0) is 16.7 Å². The summed E-state index contributed by atoms with van der Waals surface area (Å²) in [6.07, 6.45) is -2.42. The summed E-state index contributed by atoms with van der Waals surface area (Å²) >= 11 is 0. The molecule has 0 heterocycles. The molecule has 106 valence electrons. The highest BCUT2D eigenvalue weighted by Crippen LogP contribution is 2.18. The van der Waals surface area contributed by atoms with E-state index in [1.165, 1.54) is 12.1 Å². The molecule has 0 spiro atoms. The average Bonchev–Trinajstić information content (AvgIpc) is 2.48. The predicted molar refractivity (Wildman–Crippen MR) is 74.3 cm³/mol. The Labute approximate surface area is 117 Å². The van der Waals surface area contributed by atoms with Crippen LogP contribution in [0.2, 0.25) is 0 Å². The average molecular weight is 277 g/mol. The van der Waals surface area contributed by atoms with Crippen molar-refractivity contribution in [2.45, 2.75) is 26.1 Å². The van der Waals surface area contributed by atoms with E-state index < -0.39 is 6.43 Å². The molecule has 0 atom stereocenters. The molecule has 0 saturated carbocycles. The molecule has 2 N–H and O–H groups in total. The van der Waals surface area contributed by atoms with E-state index in [0.29, 0.717) is 13.1 Å². The highest BCUT2D eigenvalue weighted by molar-refractivity contribution is 5.24. The zero-order chi connectivity index (χ0) is 14.4. The molecule has 0 fully saturated rings. The molecule has 0 unspecified atom stereocenters. The van der Waals surface area contributed by atoms with Gasteiger partial charge in [0.05, 0.1) is 6.61 Å². The van der Waals surface area contributed by atoms with Crippen LogP contribution in [-0.2, 0) is 19.7 Å². The minimum absolute atomic E-state index is 0.0307. The van der Waals surface area contributed by atoms with Crippen LogP contribution in [0.15, 0.2) is 48.5 Å². The number of aliphatic hydroxyl groups is 1. The van der Waals surface area contributed by atoms with Crippen molar-refractivity contribution in [3.63, 3.8) is 0 Å². The van der Waals surface area contributed by atoms with Crippen molar-refractivity contribution in [1.82, 2.24) is 5.32 Å². The summed E-state index contributed by atoms with van der Waals surface area (Å²) in [5, 5.41) is 12.3. The molecule has 2 nitrogen and oxygen atoms in total. The molecule has 4 heteroatoms. The normalized spacial score (nSPS) is 11.0. The van der Waals surface area contributed by atoms with Gasteiger partial charge in [-0.2, -0.15) is 0 Å². The lowest BCUT2D eigenvalue weighted by atomic mass is 10.1. The fraction of sp³-hybridized carbons (Fsp3) is 0.250. The molecule has 0 aliphatic rings. The van der Waals surface area contributed by atoms with Crippen molar-refractivity contribution in [1.29, 1.82) is 0 Å². The van der Waals surface area contributed by atoms with Gasteiger partial charge in [0.1, 0.15) is 0 Å². The van der Waals surface area contributed by atoms with Crippen LogP contribution in [0, 0.1) is 0 Å². The summed E-state index contributed by atoms with van der Waals surface area (Å²) in [5.74, 6) is 0. The van der Waals surface area contributed by atoms with E-state index >= 15 is 0 Å². The Balaban J connectivity index is 1.86. The van der Waals surface area contributed by atoms with Gasteiger partial charge >= 0.3 is 0 Å². The Morgan fingerprint density at radius 3 is 2.20 bits per heavy atom. The summed E-state index contributed by atoms with van der Waals surface area (Å²) in [6.45, 7) is 1.32. The maximum absolute atomic E-state index is 12.4. The van der Waals surface area contributed by atoms with Crippen LogP contribution in [0.5, 0.6) is 0 Å². The minimum atomic E-state index is -2.42. The van der Waals surface area contributed by atoms with Gasteiger partial charge in [-0.15, -0.1) is 0 Å². The zero-order valence-corrected chi connectivity index (χ0v) is 11.0. The van der Waals surface area contributed by atoms with Crippen LogP contribution < -0.4 is 5.32 Å². The lowest BCUT2D eigenvalue weighted by Crippen LogP contribution is -2.12. The van der Waals surface area contributed by atoms with Crippen molar-refractivity contribution in [3.8, 4) is 0 Å². The van der Waals surface area contributed by atoms with Crippen molar-refractivity contribution < 1.29 is 13.9 Å². The minimum Gasteiger partial charge on any atom is -0.392 e. The third-order valence-corrected chi connectivity index (χ3v) is 3.06. The Morgan fingerprint density at radius 1 is 0.900 bits per heavy atom. The van der Waals surface area contributed by atoms with E-state index in [1.54, 1.807) is 12.1 Å². The molecule has 0 aliphatic heterocycles. The molecular weight excluding hydrogens is 260 g/mol. The largest absolute Gasteiger partial charge is 0.392 e. The quantitative estimate of drug-likeness (QED) is 0.848. The first-order chi connectivity index (χ1) is 9.69. The number of aliphatic hydroxyl groups excluding tert-OH is 1. The van der Waals surface area contributed by atoms with Gasteiger partial charge in [0, 0.05) is 18.7 Å². The predicted octanol–water partition coefficient (Wildman–Crippen LogP) is 3.41. The lowest BCUT2D eigenvalue weighted by Gasteiger charge is -2.07. The summed E-state index contributed by atoms with van der Waals surface area (Å²) < 4.78 is 24.8. The standard InChI is InChI=1S/C16H17F2NO/c17-16(18)15-6-4-12(5-7-15)9-19-10-13-2-1-3-14(8-13)11-20/h1-8,16,19-20H,9-11H2. The summed E-state index contributed by atoms with van der Waals surface area (Å²) in [5.41, 5.74) is 2.98. The van der Waals surface area contributed by atoms with Crippen molar-refractivity contribution in [2.75, 3.05) is 0 Å². The van der Waals surface area contributed by atoms with E-state index in [1.807, 2.05) is 24.3 Å². The molecule has 0 saturated heterocycles. The molecule has 0 amide bonds. The fourth-order valence-corrected chi connectivity index (χ4v) is 1.97. The molecule has 20 heavy (non-hydrogen) atoms. The lowest BCUT2D eigenvalue weighted by molar-refractivity contribution is 0.151. The van der Waals surface area contributed by atoms with Gasteiger partial charge in [0.25, 0.3) is 6.43 Å². The van der Waals surface area contributed by atoms with Crippen LogP contribution in [0.3, 0.4) is 0 Å². The van der Waals surface area contributed by atoms with Gasteiger partial charge in [0.2, 0.25) is 0 Å². The Hall–Kier alpha value is -1.78. The van der Waals surface area contributed by atoms with E-state index in [2.05, 4.69) is 5.32 Å². The summed E-state index contributed by atoms with van der Waals surface area (Å²) in [4.78, 5) is 0. The highest BCUT2D eigenvalue weighted by atomic mass is 19.3. The number of nitrogens with one attached hydrogen (secondary N) is 1. The summed E-state index contributed by atoms with van der Waals surface area (Å²) in [7, 11) is 0. The number of halogens is 2. The molecule has 2 rings (SSSR count). The van der Waals surface area contributed by atoms with Crippen molar-refractivity contribution in [2.24, 2.45) is 0 Å². The second-order valence-electron chi connectivity index (χ2n) is 4.62. The topological polar surface area (TPSA) is 32.3 Å². The second kappa shape index (κ2) is 7.12. The van der Waals surface area contributed by atoms with Crippen LogP contribution in [-0.4, -0.2) is 5.11 Å². The molecule has 0 aromatic heterocycles. The number of rotatable bonds is 6. The number of hydrogen-bond acceptors (Lipinski definition) is 2. The number of alkyl halides is 2. The molecule has 0 radical (unpaired) electrons. The van der Waals surface area contributed by atoms with Crippen LogP contribution in [0.4, 0.5) is 8.78 Å². The molecule has 2 aromatic rings. The first-order valence-corrected chi connectivity index (χ1v) is 6.45. The Bertz CT molecular complexity index is 540. The summed E-state index contributed by atoms with van der Waals surface area (Å²) in [6, 6.07) is 14.0. The molecular formula is C16H17F2NO. The highest BCUT2D eigenvalue weighted by Gasteiger charge is 2.05. The van der Waals surface area contributed by atoms with Crippen LogP contribution >= 0.6 is 0 Å². The zero-order valence-electron chi connectivity index (χ0n) is 11.0. The van der Waals surface area contributed by atoms with Gasteiger partial charge in [-0.25, -0.2) is 8.78 Å². The van der Waals surface area contributed by atoms with E-state index in [0.717, 1.165) is 16.7 Å². The molecule has 0 bridgehead atoms. The maximum atomic E-state index is 12.4. The molecule has 0 aliphatic carbocycles. The van der Waals surface area contributed by atoms with Crippen LogP contribution in [0.1, 0.15) is 28.7 Å². The van der Waals surface area contributed by atoms with E-state index in [-0.39, 0.29) is 12.2 Å². The Kier molecular flexibility index (Phi) is 5.21. The number of benzene rings is 2. The van der Waals surface area contributed by atoms with E-state index in [4.69, 9.17) is 5.11 Å². The Morgan fingerprint density at radius 2 is 1.55 bits per heavy atom. The van der Waals surface area contributed by atoms with Gasteiger partial charge in [-0.1, -0.05) is 48.5 Å². The van der Waals surface area contributed by atoms with E-state index in [9.17, 15) is 8.78 Å². The van der Waals surface area contributed by atoms with Gasteiger partial charge < -0.3 is 10.4 Å². The van der Waals surface area contributed by atoms with Gasteiger partial charge in [0.15, 0.2) is 0 Å². The van der Waals surface area contributed by atoms with Crippen LogP contribution in [0.25, 0.3) is 0 Å². The van der Waals surface area contributed by atoms with Gasteiger partial charge in [-0.3, -0.25) is 0 Å². The maximum Gasteiger partial charge on any atom is 0.263 e. The number of hydrogen-bond donors (Lipinski definition) is 2. The third kappa shape index (κ3) is 4.11. The second-order valence-corrected chi connectivity index (χ2v) is 4.62.